The van der Waals surface area contributed by atoms with Gasteiger partial charge in [0.15, 0.2) is 0 Å². The van der Waals surface area contributed by atoms with Gasteiger partial charge in [0.2, 0.25) is 0 Å². The van der Waals surface area contributed by atoms with Gasteiger partial charge in [-0.25, -0.2) is 5.84 Å². The molecule has 76 valence electrons. The SMILES string of the molecule is CC(C)N(N)/C=C(\N)c1cccnc1. The molecule has 0 aliphatic carbocycles. The lowest BCUT2D eigenvalue weighted by atomic mass is 10.2. The van der Waals surface area contributed by atoms with Crippen LogP contribution in [-0.4, -0.2) is 16.0 Å². The van der Waals surface area contributed by atoms with Crippen LogP contribution in [0.1, 0.15) is 19.4 Å². The summed E-state index contributed by atoms with van der Waals surface area (Å²) in [5, 5.41) is 1.57. The van der Waals surface area contributed by atoms with E-state index >= 15 is 0 Å². The van der Waals surface area contributed by atoms with Crippen molar-refractivity contribution in [2.75, 3.05) is 0 Å². The number of aromatic nitrogens is 1. The van der Waals surface area contributed by atoms with E-state index in [-0.39, 0.29) is 6.04 Å². The molecule has 0 bridgehead atoms. The number of hydrogen-bond acceptors (Lipinski definition) is 4. The lowest BCUT2D eigenvalue weighted by Gasteiger charge is -2.19. The minimum atomic E-state index is 0.227. The zero-order chi connectivity index (χ0) is 10.6. The van der Waals surface area contributed by atoms with Gasteiger partial charge in [0.1, 0.15) is 0 Å². The van der Waals surface area contributed by atoms with Crippen molar-refractivity contribution in [1.82, 2.24) is 9.99 Å². The Kier molecular flexibility index (Phi) is 3.48. The van der Waals surface area contributed by atoms with Crippen LogP contribution in [-0.2, 0) is 0 Å². The molecule has 0 radical (unpaired) electrons. The third kappa shape index (κ3) is 2.74. The predicted molar refractivity (Wildman–Crippen MR) is 57.6 cm³/mol. The molecular formula is C10H16N4. The topological polar surface area (TPSA) is 68.2 Å². The Bertz CT molecular complexity index is 305. The second kappa shape index (κ2) is 4.62. The summed E-state index contributed by atoms with van der Waals surface area (Å²) in [7, 11) is 0. The standard InChI is InChI=1S/C10H16N4/c1-8(2)14(12)7-10(11)9-4-3-5-13-6-9/h3-8H,11-12H2,1-2H3/b10-7-. The Hall–Kier alpha value is -1.55. The molecule has 1 aromatic rings. The highest BCUT2D eigenvalue weighted by atomic mass is 15.4. The molecule has 0 aromatic carbocycles. The van der Waals surface area contributed by atoms with Crippen LogP contribution in [0.25, 0.3) is 5.70 Å². The maximum Gasteiger partial charge on any atom is 0.0579 e. The van der Waals surface area contributed by atoms with E-state index in [0.29, 0.717) is 5.70 Å². The molecule has 14 heavy (non-hydrogen) atoms. The Labute approximate surface area is 84.2 Å². The Balaban J connectivity index is 2.80. The molecule has 0 spiro atoms. The van der Waals surface area contributed by atoms with Crippen LogP contribution < -0.4 is 11.6 Å². The average Bonchev–Trinajstić information content (AvgIpc) is 2.19. The largest absolute Gasteiger partial charge is 0.397 e. The van der Waals surface area contributed by atoms with Gasteiger partial charge in [-0.1, -0.05) is 0 Å². The molecule has 1 aromatic heterocycles. The van der Waals surface area contributed by atoms with E-state index in [4.69, 9.17) is 11.6 Å². The van der Waals surface area contributed by atoms with Crippen LogP contribution in [0.5, 0.6) is 0 Å². The van der Waals surface area contributed by atoms with Gasteiger partial charge < -0.3 is 10.7 Å². The van der Waals surface area contributed by atoms with Gasteiger partial charge in [-0.2, -0.15) is 0 Å². The van der Waals surface area contributed by atoms with Crippen LogP contribution >= 0.6 is 0 Å². The fraction of sp³-hybridized carbons (Fsp3) is 0.300. The predicted octanol–water partition coefficient (Wildman–Crippen LogP) is 0.923. The lowest BCUT2D eigenvalue weighted by Crippen LogP contribution is -2.32. The summed E-state index contributed by atoms with van der Waals surface area (Å²) in [4.78, 5) is 3.98. The fourth-order valence-electron chi connectivity index (χ4n) is 0.918. The first-order valence-corrected chi connectivity index (χ1v) is 4.52. The highest BCUT2D eigenvalue weighted by Gasteiger charge is 2.01. The smallest absolute Gasteiger partial charge is 0.0579 e. The molecule has 0 saturated carbocycles. The van der Waals surface area contributed by atoms with E-state index in [9.17, 15) is 0 Å². The summed E-state index contributed by atoms with van der Waals surface area (Å²) >= 11 is 0. The molecule has 0 unspecified atom stereocenters. The molecule has 0 amide bonds. The van der Waals surface area contributed by atoms with Gasteiger partial charge in [-0.05, 0) is 26.0 Å². The molecule has 4 heteroatoms. The summed E-state index contributed by atoms with van der Waals surface area (Å²) in [6.45, 7) is 3.99. The number of nitrogens with two attached hydrogens (primary N) is 2. The van der Waals surface area contributed by atoms with E-state index in [0.717, 1.165) is 5.56 Å². The average molecular weight is 192 g/mol. The summed E-state index contributed by atoms with van der Waals surface area (Å²) in [5.74, 6) is 5.71. The molecule has 4 nitrogen and oxygen atoms in total. The summed E-state index contributed by atoms with van der Waals surface area (Å²) in [5.41, 5.74) is 7.33. The summed E-state index contributed by atoms with van der Waals surface area (Å²) < 4.78 is 0. The lowest BCUT2D eigenvalue weighted by molar-refractivity contribution is 0.324. The number of hydrogen-bond donors (Lipinski definition) is 2. The first kappa shape index (κ1) is 10.5. The van der Waals surface area contributed by atoms with Crippen molar-refractivity contribution in [2.24, 2.45) is 11.6 Å². The second-order valence-electron chi connectivity index (χ2n) is 3.37. The second-order valence-corrected chi connectivity index (χ2v) is 3.37. The van der Waals surface area contributed by atoms with Crippen molar-refractivity contribution >= 4 is 5.70 Å². The fourth-order valence-corrected chi connectivity index (χ4v) is 0.918. The third-order valence-electron chi connectivity index (χ3n) is 1.88. The van der Waals surface area contributed by atoms with Crippen LogP contribution in [0, 0.1) is 0 Å². The Morgan fingerprint density at radius 3 is 2.79 bits per heavy atom. The van der Waals surface area contributed by atoms with Gasteiger partial charge in [-0.3, -0.25) is 4.98 Å². The minimum absolute atomic E-state index is 0.227. The van der Waals surface area contributed by atoms with Crippen LogP contribution in [0.4, 0.5) is 0 Å². The summed E-state index contributed by atoms with van der Waals surface area (Å²) in [6.07, 6.45) is 5.13. The van der Waals surface area contributed by atoms with Gasteiger partial charge >= 0.3 is 0 Å². The van der Waals surface area contributed by atoms with Gasteiger partial charge in [0.05, 0.1) is 5.70 Å². The van der Waals surface area contributed by atoms with Gasteiger partial charge in [0, 0.05) is 30.2 Å². The van der Waals surface area contributed by atoms with Crippen molar-refractivity contribution in [3.63, 3.8) is 0 Å². The number of pyridine rings is 1. The van der Waals surface area contributed by atoms with Crippen molar-refractivity contribution in [3.8, 4) is 0 Å². The third-order valence-corrected chi connectivity index (χ3v) is 1.88. The molecule has 0 saturated heterocycles. The summed E-state index contributed by atoms with van der Waals surface area (Å²) in [6, 6.07) is 3.96. The van der Waals surface area contributed by atoms with Crippen molar-refractivity contribution in [2.45, 2.75) is 19.9 Å². The van der Waals surface area contributed by atoms with Crippen molar-refractivity contribution < 1.29 is 0 Å². The van der Waals surface area contributed by atoms with Gasteiger partial charge in [0.25, 0.3) is 0 Å². The molecule has 4 N–H and O–H groups in total. The van der Waals surface area contributed by atoms with E-state index in [2.05, 4.69) is 4.98 Å². The maximum absolute atomic E-state index is 5.83. The molecular weight excluding hydrogens is 176 g/mol. The molecule has 1 rings (SSSR count). The highest BCUT2D eigenvalue weighted by Crippen LogP contribution is 2.07. The maximum atomic E-state index is 5.83. The van der Waals surface area contributed by atoms with Crippen LogP contribution in [0.15, 0.2) is 30.7 Å². The van der Waals surface area contributed by atoms with E-state index in [1.54, 1.807) is 23.6 Å². The van der Waals surface area contributed by atoms with E-state index in [1.165, 1.54) is 0 Å². The van der Waals surface area contributed by atoms with E-state index < -0.39 is 0 Å². The number of nitrogens with zero attached hydrogens (tertiary/aromatic N) is 2. The van der Waals surface area contributed by atoms with Crippen LogP contribution in [0.2, 0.25) is 0 Å². The highest BCUT2D eigenvalue weighted by molar-refractivity contribution is 5.61. The van der Waals surface area contributed by atoms with Crippen LogP contribution in [0.3, 0.4) is 0 Å². The Morgan fingerprint density at radius 2 is 2.29 bits per heavy atom. The van der Waals surface area contributed by atoms with Crippen molar-refractivity contribution in [1.29, 1.82) is 0 Å². The van der Waals surface area contributed by atoms with Crippen molar-refractivity contribution in [3.05, 3.63) is 36.3 Å². The molecule has 1 heterocycles. The number of rotatable bonds is 3. The number of hydrazine groups is 1. The van der Waals surface area contributed by atoms with Gasteiger partial charge in [-0.15, -0.1) is 0 Å². The normalized spacial score (nSPS) is 11.9. The molecule has 0 aliphatic rings. The van der Waals surface area contributed by atoms with E-state index in [1.807, 2.05) is 26.0 Å². The monoisotopic (exact) mass is 192 g/mol. The zero-order valence-electron chi connectivity index (χ0n) is 8.51. The quantitative estimate of drug-likeness (QED) is 0.552. The first-order chi connectivity index (χ1) is 6.61. The minimum Gasteiger partial charge on any atom is -0.397 e. The Morgan fingerprint density at radius 1 is 1.57 bits per heavy atom. The molecule has 0 fully saturated rings. The molecule has 0 atom stereocenters. The molecule has 0 aliphatic heterocycles. The first-order valence-electron chi connectivity index (χ1n) is 4.52. The zero-order valence-corrected chi connectivity index (χ0v) is 8.51.